The molecule has 18 heavy (non-hydrogen) atoms. The van der Waals surface area contributed by atoms with Gasteiger partial charge < -0.3 is 19.8 Å². The van der Waals surface area contributed by atoms with Crippen LogP contribution < -0.4 is 113 Å². The molecule has 0 saturated carbocycles. The Balaban J connectivity index is -0.000000100. The fraction of sp³-hybridized carbons (Fsp3) is 0.818. The summed E-state index contributed by atoms with van der Waals surface area (Å²) < 4.78 is 0.955. The number of hydrogen-bond donors (Lipinski definition) is 0. The van der Waals surface area contributed by atoms with Crippen molar-refractivity contribution in [3.63, 3.8) is 0 Å². The van der Waals surface area contributed by atoms with Crippen molar-refractivity contribution in [1.82, 2.24) is 0 Å². The summed E-state index contributed by atoms with van der Waals surface area (Å²) in [5.74, 6) is -3.25. The van der Waals surface area contributed by atoms with E-state index in [1.54, 1.807) is 0 Å². The SMILES string of the molecule is O=C([O-])CC(=O)[O-].[K+].[K+].[Li][CH](CC)CCCCC. The van der Waals surface area contributed by atoms with Crippen LogP contribution in [0.25, 0.3) is 0 Å². The molecule has 0 aliphatic heterocycles. The van der Waals surface area contributed by atoms with E-state index in [1.807, 2.05) is 0 Å². The van der Waals surface area contributed by atoms with Crippen molar-refractivity contribution in [3.05, 3.63) is 0 Å². The number of carboxylic acids is 2. The van der Waals surface area contributed by atoms with E-state index in [2.05, 4.69) is 31.6 Å². The molecule has 0 aromatic rings. The molecule has 90 valence electrons. The Kier molecular flexibility index (Phi) is 35.5. The van der Waals surface area contributed by atoms with Gasteiger partial charge in [0.2, 0.25) is 0 Å². The van der Waals surface area contributed by atoms with Crippen LogP contribution >= 0.6 is 0 Å². The van der Waals surface area contributed by atoms with Crippen molar-refractivity contribution in [2.45, 2.75) is 57.0 Å². The van der Waals surface area contributed by atoms with E-state index in [1.165, 1.54) is 32.1 Å². The van der Waals surface area contributed by atoms with Crippen LogP contribution in [0.1, 0.15) is 52.4 Å². The molecule has 0 amide bonds. The second-order valence-electron chi connectivity index (χ2n) is 3.93. The van der Waals surface area contributed by atoms with Gasteiger partial charge in [-0.05, 0) is 0 Å². The number of carbonyl (C=O) groups excluding carboxylic acids is 2. The Morgan fingerprint density at radius 1 is 1.06 bits per heavy atom. The Morgan fingerprint density at radius 3 is 1.72 bits per heavy atom. The van der Waals surface area contributed by atoms with Gasteiger partial charge in [0, 0.05) is 18.4 Å². The number of rotatable bonds is 7. The van der Waals surface area contributed by atoms with Crippen molar-refractivity contribution in [2.24, 2.45) is 0 Å². The number of carbonyl (C=O) groups is 2. The van der Waals surface area contributed by atoms with Crippen molar-refractivity contribution < 1.29 is 123 Å². The van der Waals surface area contributed by atoms with Crippen LogP contribution in [0.2, 0.25) is 4.59 Å². The van der Waals surface area contributed by atoms with Gasteiger partial charge in [-0.2, -0.15) is 0 Å². The third-order valence-electron chi connectivity index (χ3n) is 2.29. The van der Waals surface area contributed by atoms with E-state index in [0.29, 0.717) is 0 Å². The van der Waals surface area contributed by atoms with Crippen molar-refractivity contribution in [3.8, 4) is 0 Å². The predicted molar refractivity (Wildman–Crippen MR) is 58.6 cm³/mol. The molecule has 0 heterocycles. The van der Waals surface area contributed by atoms with Gasteiger partial charge in [0.15, 0.2) is 0 Å². The molecule has 0 fully saturated rings. The van der Waals surface area contributed by atoms with E-state index in [9.17, 15) is 19.8 Å². The van der Waals surface area contributed by atoms with E-state index >= 15 is 0 Å². The summed E-state index contributed by atoms with van der Waals surface area (Å²) in [7, 11) is 0. The van der Waals surface area contributed by atoms with Gasteiger partial charge in [-0.3, -0.25) is 0 Å². The second kappa shape index (κ2) is 22.1. The summed E-state index contributed by atoms with van der Waals surface area (Å²) in [5.41, 5.74) is 0. The number of hydrogen-bond acceptors (Lipinski definition) is 4. The molecular formula is C11H19K2LiO4. The third-order valence-corrected chi connectivity index (χ3v) is 2.29. The van der Waals surface area contributed by atoms with Gasteiger partial charge in [-0.25, -0.2) is 0 Å². The first-order valence-electron chi connectivity index (χ1n) is 5.83. The standard InChI is InChI=1S/C8H17.C3H4O4.2K.Li/c1-3-5-7-8-6-4-2;4-2(5)1-3(6)7;;;/h5H,3-4,6-8H2,1-2H3;1H2,(H,4,5)(H,6,7);;;/q;;2*+1;/p-2. The monoisotopic (exact) mass is 300 g/mol. The topological polar surface area (TPSA) is 80.3 Å². The van der Waals surface area contributed by atoms with Crippen molar-refractivity contribution in [2.75, 3.05) is 0 Å². The Morgan fingerprint density at radius 2 is 1.50 bits per heavy atom. The van der Waals surface area contributed by atoms with E-state index in [0.717, 1.165) is 4.59 Å². The van der Waals surface area contributed by atoms with E-state index in [-0.39, 0.29) is 103 Å². The normalized spacial score (nSPS) is 10.0. The predicted octanol–water partition coefficient (Wildman–Crippen LogP) is -6.18. The van der Waals surface area contributed by atoms with Crippen LogP contribution in [0, 0.1) is 0 Å². The minimum absolute atomic E-state index is 0. The summed E-state index contributed by atoms with van der Waals surface area (Å²) in [4.78, 5) is 18.6. The van der Waals surface area contributed by atoms with E-state index in [4.69, 9.17) is 0 Å². The number of aliphatic carboxylic acids is 2. The molecule has 1 atom stereocenters. The molecular weight excluding hydrogens is 281 g/mol. The first-order valence-corrected chi connectivity index (χ1v) is 5.83. The Bertz CT molecular complexity index is 191. The zero-order chi connectivity index (χ0) is 13.0. The summed E-state index contributed by atoms with van der Waals surface area (Å²) in [5, 5.41) is 18.6. The third kappa shape index (κ3) is 31.3. The maximum atomic E-state index is 9.28. The fourth-order valence-corrected chi connectivity index (χ4v) is 1.06. The molecule has 4 nitrogen and oxygen atoms in total. The zero-order valence-corrected chi connectivity index (χ0v) is 18.7. The average Bonchev–Trinajstić information content (AvgIpc) is 2.16. The fourth-order valence-electron chi connectivity index (χ4n) is 1.06. The number of carboxylic acid groups (broad SMARTS) is 2. The molecule has 0 rings (SSSR count). The molecule has 0 radical (unpaired) electrons. The van der Waals surface area contributed by atoms with Gasteiger partial charge in [0.25, 0.3) is 0 Å². The Hall–Kier alpha value is 2.81. The summed E-state index contributed by atoms with van der Waals surface area (Å²) in [6.45, 7) is 4.53. The van der Waals surface area contributed by atoms with Gasteiger partial charge >= 0.3 is 171 Å². The molecule has 0 aliphatic rings. The molecule has 0 aromatic carbocycles. The molecule has 0 aliphatic carbocycles. The first kappa shape index (κ1) is 28.9. The maximum absolute atomic E-state index is 9.28. The summed E-state index contributed by atoms with van der Waals surface area (Å²) in [6.07, 6.45) is 5.97. The van der Waals surface area contributed by atoms with Crippen LogP contribution in [0.3, 0.4) is 0 Å². The van der Waals surface area contributed by atoms with Gasteiger partial charge in [-0.15, -0.1) is 0 Å². The molecule has 0 spiro atoms. The van der Waals surface area contributed by atoms with Crippen LogP contribution in [0.4, 0.5) is 0 Å². The van der Waals surface area contributed by atoms with Crippen molar-refractivity contribution >= 4 is 29.7 Å². The van der Waals surface area contributed by atoms with Crippen LogP contribution in [-0.2, 0) is 9.59 Å². The molecule has 0 N–H and O–H groups in total. The van der Waals surface area contributed by atoms with Crippen LogP contribution in [-0.4, -0.2) is 29.7 Å². The molecule has 1 unspecified atom stereocenters. The quantitative estimate of drug-likeness (QED) is 0.266. The molecule has 0 bridgehead atoms. The molecule has 0 saturated heterocycles. The van der Waals surface area contributed by atoms with Gasteiger partial charge in [0.1, 0.15) is 0 Å². The van der Waals surface area contributed by atoms with Crippen LogP contribution in [0.5, 0.6) is 0 Å². The average molecular weight is 300 g/mol. The number of unbranched alkanes of at least 4 members (excludes halogenated alkanes) is 2. The molecule has 0 aromatic heterocycles. The Labute approximate surface area is 204 Å². The zero-order valence-electron chi connectivity index (χ0n) is 12.5. The van der Waals surface area contributed by atoms with Crippen LogP contribution in [0.15, 0.2) is 0 Å². The van der Waals surface area contributed by atoms with Gasteiger partial charge in [0.05, 0.1) is 0 Å². The summed E-state index contributed by atoms with van der Waals surface area (Å²) >= 11 is 2.34. The first-order chi connectivity index (χ1) is 7.43. The minimum atomic E-state index is -1.63. The van der Waals surface area contributed by atoms with E-state index < -0.39 is 18.4 Å². The molecule has 7 heteroatoms. The van der Waals surface area contributed by atoms with Crippen molar-refractivity contribution in [1.29, 1.82) is 0 Å². The summed E-state index contributed by atoms with van der Waals surface area (Å²) in [6, 6.07) is 0. The second-order valence-corrected chi connectivity index (χ2v) is 3.93. The van der Waals surface area contributed by atoms with Gasteiger partial charge in [-0.1, -0.05) is 0 Å².